The molecular weight excluding hydrogens is 330 g/mol. The van der Waals surface area contributed by atoms with Crippen LogP contribution in [-0.4, -0.2) is 33.6 Å². The molecule has 0 bridgehead atoms. The quantitative estimate of drug-likeness (QED) is 0.431. The van der Waals surface area contributed by atoms with Gasteiger partial charge in [0, 0.05) is 24.4 Å². The van der Waals surface area contributed by atoms with Crippen molar-refractivity contribution in [1.29, 1.82) is 0 Å². The number of aliphatic carboxylic acids is 2. The summed E-state index contributed by atoms with van der Waals surface area (Å²) >= 11 is 0. The third kappa shape index (κ3) is 6.85. The summed E-state index contributed by atoms with van der Waals surface area (Å²) in [6.07, 6.45) is 12.4. The van der Waals surface area contributed by atoms with Crippen LogP contribution in [-0.2, 0) is 9.59 Å². The number of hydrogen-bond donors (Lipinski definition) is 2. The fourth-order valence-electron chi connectivity index (χ4n) is 3.56. The van der Waals surface area contributed by atoms with E-state index < -0.39 is 11.9 Å². The van der Waals surface area contributed by atoms with E-state index in [4.69, 9.17) is 0 Å². The van der Waals surface area contributed by atoms with E-state index in [2.05, 4.69) is 6.92 Å². The second-order valence-corrected chi connectivity index (χ2v) is 7.25. The van der Waals surface area contributed by atoms with Crippen LogP contribution in [0.25, 0.3) is 0 Å². The number of carboxylic acid groups (broad SMARTS) is 2. The summed E-state index contributed by atoms with van der Waals surface area (Å²) < 4.78 is 0. The number of rotatable bonds is 13. The lowest BCUT2D eigenvalue weighted by molar-refractivity contribution is -0.133. The molecule has 5 heteroatoms. The van der Waals surface area contributed by atoms with Crippen LogP contribution in [0.4, 0.5) is 0 Å². The molecule has 1 heterocycles. The fraction of sp³-hybridized carbons (Fsp3) is 0.714. The van der Waals surface area contributed by atoms with Crippen molar-refractivity contribution in [3.05, 3.63) is 22.5 Å². The van der Waals surface area contributed by atoms with Crippen molar-refractivity contribution >= 4 is 11.9 Å². The summed E-state index contributed by atoms with van der Waals surface area (Å²) in [6, 6.07) is 0. The predicted molar refractivity (Wildman–Crippen MR) is 104 cm³/mol. The first-order valence-corrected chi connectivity index (χ1v) is 10.0. The number of unbranched alkanes of at least 4 members (excludes halogenated alkanes) is 9. The maximum atomic E-state index is 11.4. The standard InChI is InChI=1S/C21H35NO4/c1-4-5-6-7-8-9-10-11-12-13-14-22-16(2)18(20(23)24)15-19(17(22)3)21(25)26/h4-15H2,1-3H3,(H,23,24)(H,25,26). The highest BCUT2D eigenvalue weighted by Gasteiger charge is 2.29. The minimum absolute atomic E-state index is 0.00311. The monoisotopic (exact) mass is 365 g/mol. The van der Waals surface area contributed by atoms with E-state index in [9.17, 15) is 19.8 Å². The molecule has 1 aliphatic heterocycles. The molecule has 0 saturated heterocycles. The lowest BCUT2D eigenvalue weighted by atomic mass is 9.96. The third-order valence-corrected chi connectivity index (χ3v) is 5.29. The lowest BCUT2D eigenvalue weighted by Gasteiger charge is -2.33. The Balaban J connectivity index is 2.42. The molecule has 0 saturated carbocycles. The molecule has 0 radical (unpaired) electrons. The van der Waals surface area contributed by atoms with Gasteiger partial charge < -0.3 is 15.1 Å². The molecule has 1 rings (SSSR count). The molecule has 0 atom stereocenters. The topological polar surface area (TPSA) is 77.8 Å². The van der Waals surface area contributed by atoms with Crippen LogP contribution in [0.15, 0.2) is 22.5 Å². The molecule has 1 aliphatic rings. The van der Waals surface area contributed by atoms with E-state index in [0.29, 0.717) is 17.9 Å². The molecule has 5 nitrogen and oxygen atoms in total. The first-order valence-electron chi connectivity index (χ1n) is 10.0. The van der Waals surface area contributed by atoms with Crippen LogP contribution in [0, 0.1) is 0 Å². The molecule has 0 aliphatic carbocycles. The Labute approximate surface area is 157 Å². The van der Waals surface area contributed by atoms with Crippen molar-refractivity contribution in [3.63, 3.8) is 0 Å². The normalized spacial score (nSPS) is 15.0. The summed E-state index contributed by atoms with van der Waals surface area (Å²) in [5.41, 5.74) is 1.74. The second kappa shape index (κ2) is 11.8. The number of hydrogen-bond acceptors (Lipinski definition) is 3. The Morgan fingerprint density at radius 2 is 1.15 bits per heavy atom. The summed E-state index contributed by atoms with van der Waals surface area (Å²) in [4.78, 5) is 24.7. The van der Waals surface area contributed by atoms with Gasteiger partial charge in [0.05, 0.1) is 11.1 Å². The van der Waals surface area contributed by atoms with E-state index in [1.807, 2.05) is 4.90 Å². The second-order valence-electron chi connectivity index (χ2n) is 7.25. The molecule has 26 heavy (non-hydrogen) atoms. The molecule has 0 aromatic heterocycles. The lowest BCUT2D eigenvalue weighted by Crippen LogP contribution is -2.30. The van der Waals surface area contributed by atoms with Crippen molar-refractivity contribution in [3.8, 4) is 0 Å². The van der Waals surface area contributed by atoms with Gasteiger partial charge >= 0.3 is 11.9 Å². The molecule has 0 aromatic carbocycles. The van der Waals surface area contributed by atoms with Crippen LogP contribution in [0.2, 0.25) is 0 Å². The van der Waals surface area contributed by atoms with Gasteiger partial charge in [-0.2, -0.15) is 0 Å². The Morgan fingerprint density at radius 3 is 1.54 bits per heavy atom. The van der Waals surface area contributed by atoms with Crippen molar-refractivity contribution in [2.24, 2.45) is 0 Å². The zero-order valence-corrected chi connectivity index (χ0v) is 16.6. The van der Waals surface area contributed by atoms with E-state index in [1.165, 1.54) is 51.4 Å². The van der Waals surface area contributed by atoms with Crippen LogP contribution >= 0.6 is 0 Å². The van der Waals surface area contributed by atoms with Gasteiger partial charge in [-0.05, 0) is 20.3 Å². The molecule has 0 amide bonds. The SMILES string of the molecule is CCCCCCCCCCCCN1C(C)=C(C(=O)O)CC(C(=O)O)=C1C. The van der Waals surface area contributed by atoms with E-state index in [1.54, 1.807) is 13.8 Å². The highest BCUT2D eigenvalue weighted by atomic mass is 16.4. The number of allylic oxidation sites excluding steroid dienone is 2. The molecule has 0 unspecified atom stereocenters. The van der Waals surface area contributed by atoms with Crippen molar-refractivity contribution < 1.29 is 19.8 Å². The Morgan fingerprint density at radius 1 is 0.769 bits per heavy atom. The fourth-order valence-corrected chi connectivity index (χ4v) is 3.56. The van der Waals surface area contributed by atoms with Crippen LogP contribution in [0.3, 0.4) is 0 Å². The average molecular weight is 366 g/mol. The first-order chi connectivity index (χ1) is 12.4. The predicted octanol–water partition coefficient (Wildman–Crippen LogP) is 5.33. The minimum atomic E-state index is -1.03. The molecule has 0 spiro atoms. The minimum Gasteiger partial charge on any atom is -0.478 e. The summed E-state index contributed by atoms with van der Waals surface area (Å²) in [7, 11) is 0. The van der Waals surface area contributed by atoms with Crippen LogP contribution in [0.5, 0.6) is 0 Å². The van der Waals surface area contributed by atoms with Gasteiger partial charge in [0.1, 0.15) is 0 Å². The Bertz CT molecular complexity index is 512. The molecule has 148 valence electrons. The van der Waals surface area contributed by atoms with Gasteiger partial charge in [0.15, 0.2) is 0 Å². The van der Waals surface area contributed by atoms with Gasteiger partial charge in [-0.25, -0.2) is 9.59 Å². The maximum Gasteiger partial charge on any atom is 0.333 e. The average Bonchev–Trinajstić information content (AvgIpc) is 2.58. The molecular formula is C21H35NO4. The number of nitrogens with zero attached hydrogens (tertiary/aromatic N) is 1. The van der Waals surface area contributed by atoms with Crippen molar-refractivity contribution in [2.75, 3.05) is 6.54 Å². The van der Waals surface area contributed by atoms with Crippen LogP contribution < -0.4 is 0 Å². The zero-order valence-electron chi connectivity index (χ0n) is 16.6. The van der Waals surface area contributed by atoms with E-state index in [-0.39, 0.29) is 17.6 Å². The van der Waals surface area contributed by atoms with Gasteiger partial charge in [-0.15, -0.1) is 0 Å². The Hall–Kier alpha value is -1.78. The van der Waals surface area contributed by atoms with E-state index >= 15 is 0 Å². The molecule has 0 fully saturated rings. The Kier molecular flexibility index (Phi) is 10.1. The highest BCUT2D eigenvalue weighted by molar-refractivity contribution is 5.95. The first kappa shape index (κ1) is 22.3. The summed E-state index contributed by atoms with van der Waals surface area (Å²) in [5, 5.41) is 18.7. The van der Waals surface area contributed by atoms with Crippen molar-refractivity contribution in [1.82, 2.24) is 4.90 Å². The van der Waals surface area contributed by atoms with Gasteiger partial charge in [0.25, 0.3) is 0 Å². The number of carbonyl (C=O) groups is 2. The van der Waals surface area contributed by atoms with Gasteiger partial charge in [0.2, 0.25) is 0 Å². The third-order valence-electron chi connectivity index (χ3n) is 5.29. The summed E-state index contributed by atoms with van der Waals surface area (Å²) in [5.74, 6) is -2.05. The largest absolute Gasteiger partial charge is 0.478 e. The molecule has 0 aromatic rings. The zero-order chi connectivity index (χ0) is 19.5. The molecule has 2 N–H and O–H groups in total. The van der Waals surface area contributed by atoms with Crippen LogP contribution in [0.1, 0.15) is 91.4 Å². The number of carboxylic acids is 2. The van der Waals surface area contributed by atoms with Crippen molar-refractivity contribution in [2.45, 2.75) is 91.4 Å². The van der Waals surface area contributed by atoms with Gasteiger partial charge in [-0.1, -0.05) is 64.7 Å². The summed E-state index contributed by atoms with van der Waals surface area (Å²) in [6.45, 7) is 6.47. The maximum absolute atomic E-state index is 11.4. The smallest absolute Gasteiger partial charge is 0.333 e. The van der Waals surface area contributed by atoms with Gasteiger partial charge in [-0.3, -0.25) is 0 Å². The highest BCUT2D eigenvalue weighted by Crippen LogP contribution is 2.31. The van der Waals surface area contributed by atoms with E-state index in [0.717, 1.165) is 12.8 Å².